The average molecular weight is 277 g/mol. The van der Waals surface area contributed by atoms with E-state index in [9.17, 15) is 4.79 Å². The van der Waals surface area contributed by atoms with Crippen molar-refractivity contribution in [3.63, 3.8) is 0 Å². The van der Waals surface area contributed by atoms with Gasteiger partial charge in [0.1, 0.15) is 6.54 Å². The summed E-state index contributed by atoms with van der Waals surface area (Å²) in [5.74, 6) is 0.580. The molecule has 0 unspecified atom stereocenters. The molecule has 2 heterocycles. The molecule has 0 N–H and O–H groups in total. The lowest BCUT2D eigenvalue weighted by Crippen LogP contribution is -2.37. The molecule has 0 radical (unpaired) electrons. The van der Waals surface area contributed by atoms with Crippen molar-refractivity contribution in [1.82, 2.24) is 9.55 Å². The summed E-state index contributed by atoms with van der Waals surface area (Å²) in [6.45, 7) is 0.446. The van der Waals surface area contributed by atoms with Gasteiger partial charge in [-0.2, -0.15) is 9.83 Å². The summed E-state index contributed by atoms with van der Waals surface area (Å²) >= 11 is 0. The summed E-state index contributed by atoms with van der Waals surface area (Å²) in [5, 5.41) is 9.50. The van der Waals surface area contributed by atoms with E-state index in [1.54, 1.807) is 12.1 Å². The third-order valence-corrected chi connectivity index (χ3v) is 3.27. The van der Waals surface area contributed by atoms with Crippen molar-refractivity contribution in [3.05, 3.63) is 71.0 Å². The van der Waals surface area contributed by atoms with Crippen LogP contribution >= 0.6 is 0 Å². The number of pyridine rings is 1. The van der Waals surface area contributed by atoms with Crippen LogP contribution in [0.15, 0.2) is 59.7 Å². The first kappa shape index (κ1) is 13.0. The lowest BCUT2D eigenvalue weighted by Gasteiger charge is -2.08. The van der Waals surface area contributed by atoms with E-state index in [-0.39, 0.29) is 12.1 Å². The van der Waals surface area contributed by atoms with Crippen LogP contribution < -0.4 is 10.1 Å². The van der Waals surface area contributed by atoms with Gasteiger partial charge in [-0.25, -0.2) is 4.98 Å². The zero-order valence-corrected chi connectivity index (χ0v) is 11.3. The molecule has 0 fully saturated rings. The highest BCUT2D eigenvalue weighted by molar-refractivity contribution is 5.77. The fraction of sp³-hybridized carbons (Fsp3) is 0.125. The lowest BCUT2D eigenvalue weighted by atomic mass is 10.2. The minimum absolute atomic E-state index is 0.000601. The average Bonchev–Trinajstić information content (AvgIpc) is 2.52. The largest absolute Gasteiger partial charge is 0.277 e. The van der Waals surface area contributed by atoms with Crippen LogP contribution in [0.3, 0.4) is 0 Å². The molecule has 5 heteroatoms. The molecule has 0 aliphatic heterocycles. The molecule has 3 aromatic rings. The van der Waals surface area contributed by atoms with Gasteiger partial charge < -0.3 is 0 Å². The molecule has 102 valence electrons. The van der Waals surface area contributed by atoms with Gasteiger partial charge in [-0.15, -0.1) is 0 Å². The normalized spacial score (nSPS) is 10.4. The highest BCUT2D eigenvalue weighted by Crippen LogP contribution is 2.07. The Hall–Kier alpha value is -3.00. The summed E-state index contributed by atoms with van der Waals surface area (Å²) < 4.78 is 3.35. The van der Waals surface area contributed by atoms with Crippen molar-refractivity contribution in [2.45, 2.75) is 13.1 Å². The van der Waals surface area contributed by atoms with Crippen LogP contribution in [-0.4, -0.2) is 9.55 Å². The van der Waals surface area contributed by atoms with Crippen LogP contribution in [0.1, 0.15) is 5.82 Å². The second-order valence-electron chi connectivity index (χ2n) is 4.64. The Kier molecular flexibility index (Phi) is 3.44. The quantitative estimate of drug-likeness (QED) is 0.677. The van der Waals surface area contributed by atoms with Gasteiger partial charge in [-0.05, 0) is 12.1 Å². The van der Waals surface area contributed by atoms with Gasteiger partial charge in [0, 0.05) is 12.1 Å². The maximum absolute atomic E-state index is 12.5. The molecule has 2 aromatic heterocycles. The third kappa shape index (κ3) is 2.51. The van der Waals surface area contributed by atoms with Gasteiger partial charge in [0.2, 0.25) is 6.54 Å². The van der Waals surface area contributed by atoms with Crippen LogP contribution in [0.4, 0.5) is 0 Å². The maximum Gasteiger partial charge on any atom is 0.262 e. The first-order valence-electron chi connectivity index (χ1n) is 6.59. The van der Waals surface area contributed by atoms with E-state index in [1.807, 2.05) is 53.4 Å². The number of hydrogen-bond donors (Lipinski definition) is 0. The predicted molar refractivity (Wildman–Crippen MR) is 77.4 cm³/mol. The summed E-state index contributed by atoms with van der Waals surface area (Å²) in [6.07, 6.45) is 3.80. The fourth-order valence-corrected chi connectivity index (χ4v) is 2.27. The van der Waals surface area contributed by atoms with Crippen molar-refractivity contribution >= 4 is 10.9 Å². The van der Waals surface area contributed by atoms with Crippen LogP contribution in [0.5, 0.6) is 0 Å². The van der Waals surface area contributed by atoms with E-state index in [4.69, 9.17) is 5.26 Å². The fourth-order valence-electron chi connectivity index (χ4n) is 2.27. The topological polar surface area (TPSA) is 62.6 Å². The number of rotatable bonds is 3. The summed E-state index contributed by atoms with van der Waals surface area (Å²) in [5.41, 5.74) is 0.483. The molecule has 0 saturated heterocycles. The second kappa shape index (κ2) is 5.55. The molecule has 0 amide bonds. The van der Waals surface area contributed by atoms with Gasteiger partial charge in [-0.3, -0.25) is 9.36 Å². The van der Waals surface area contributed by atoms with E-state index in [1.165, 1.54) is 4.57 Å². The first-order chi connectivity index (χ1) is 10.3. The van der Waals surface area contributed by atoms with Gasteiger partial charge in [0.15, 0.2) is 18.2 Å². The van der Waals surface area contributed by atoms with Crippen molar-refractivity contribution < 1.29 is 4.57 Å². The van der Waals surface area contributed by atoms with Crippen molar-refractivity contribution in [2.75, 3.05) is 0 Å². The van der Waals surface area contributed by atoms with Crippen LogP contribution in [0.25, 0.3) is 10.9 Å². The zero-order chi connectivity index (χ0) is 14.7. The van der Waals surface area contributed by atoms with Crippen molar-refractivity contribution in [3.8, 4) is 6.07 Å². The zero-order valence-electron chi connectivity index (χ0n) is 11.3. The standard InChI is InChI=1S/C16H13N4O/c17-8-11-20-15(12-19-9-4-1-5-10-19)18-14-7-3-2-6-13(14)16(20)21/h1-7,9-10H,11-12H2/q+1. The third-order valence-electron chi connectivity index (χ3n) is 3.27. The Bertz CT molecular complexity index is 878. The van der Waals surface area contributed by atoms with Crippen molar-refractivity contribution in [2.24, 2.45) is 0 Å². The van der Waals surface area contributed by atoms with E-state index in [2.05, 4.69) is 4.98 Å². The number of hydrogen-bond acceptors (Lipinski definition) is 3. The molecular weight excluding hydrogens is 264 g/mol. The summed E-state index contributed by atoms with van der Waals surface area (Å²) in [6, 6.07) is 15.0. The number of para-hydroxylation sites is 1. The highest BCUT2D eigenvalue weighted by atomic mass is 16.1. The first-order valence-corrected chi connectivity index (χ1v) is 6.59. The number of nitriles is 1. The van der Waals surface area contributed by atoms with Crippen molar-refractivity contribution in [1.29, 1.82) is 5.26 Å². The van der Waals surface area contributed by atoms with E-state index in [0.717, 1.165) is 0 Å². The molecule has 0 aliphatic carbocycles. The van der Waals surface area contributed by atoms with Crippen LogP contribution in [-0.2, 0) is 13.1 Å². The minimum atomic E-state index is -0.173. The molecular formula is C16H13N4O+. The Morgan fingerprint density at radius 2 is 1.90 bits per heavy atom. The van der Waals surface area contributed by atoms with Gasteiger partial charge in [0.05, 0.1) is 17.0 Å². The second-order valence-corrected chi connectivity index (χ2v) is 4.64. The van der Waals surface area contributed by atoms with E-state index >= 15 is 0 Å². The molecule has 0 bridgehead atoms. The minimum Gasteiger partial charge on any atom is -0.277 e. The number of fused-ring (bicyclic) bond motifs is 1. The van der Waals surface area contributed by atoms with Crippen LogP contribution in [0, 0.1) is 11.3 Å². The number of benzene rings is 1. The highest BCUT2D eigenvalue weighted by Gasteiger charge is 2.13. The Morgan fingerprint density at radius 1 is 1.14 bits per heavy atom. The monoisotopic (exact) mass is 277 g/mol. The Balaban J connectivity index is 2.18. The summed E-state index contributed by atoms with van der Waals surface area (Å²) in [4.78, 5) is 17.0. The smallest absolute Gasteiger partial charge is 0.262 e. The lowest BCUT2D eigenvalue weighted by molar-refractivity contribution is -0.689. The molecule has 0 saturated carbocycles. The SMILES string of the molecule is N#CCn1c(C[n+]2ccccc2)nc2ccccc2c1=O. The van der Waals surface area contributed by atoms with Crippen LogP contribution in [0.2, 0.25) is 0 Å². The molecule has 3 rings (SSSR count). The molecule has 21 heavy (non-hydrogen) atoms. The Labute approximate surface area is 121 Å². The molecule has 0 spiro atoms. The van der Waals surface area contributed by atoms with Gasteiger partial charge in [-0.1, -0.05) is 18.2 Å². The molecule has 1 aromatic carbocycles. The Morgan fingerprint density at radius 3 is 2.67 bits per heavy atom. The number of nitrogens with zero attached hydrogens (tertiary/aromatic N) is 4. The number of aromatic nitrogens is 3. The predicted octanol–water partition coefficient (Wildman–Crippen LogP) is 1.26. The summed E-state index contributed by atoms with van der Waals surface area (Å²) in [7, 11) is 0. The van der Waals surface area contributed by atoms with E-state index < -0.39 is 0 Å². The molecule has 5 nitrogen and oxygen atoms in total. The van der Waals surface area contributed by atoms with Gasteiger partial charge in [0.25, 0.3) is 5.56 Å². The van der Waals surface area contributed by atoms with Gasteiger partial charge >= 0.3 is 0 Å². The maximum atomic E-state index is 12.5. The van der Waals surface area contributed by atoms with E-state index in [0.29, 0.717) is 23.3 Å². The molecule has 0 atom stereocenters. The molecule has 0 aliphatic rings.